The Morgan fingerprint density at radius 2 is 1.79 bits per heavy atom. The summed E-state index contributed by atoms with van der Waals surface area (Å²) in [6.45, 7) is 4.55. The van der Waals surface area contributed by atoms with Crippen LogP contribution in [0.1, 0.15) is 40.6 Å². The molecule has 1 atom stereocenters. The van der Waals surface area contributed by atoms with Gasteiger partial charge >= 0.3 is 0 Å². The first-order chi connectivity index (χ1) is 16.2. The van der Waals surface area contributed by atoms with Crippen molar-refractivity contribution in [2.24, 2.45) is 0 Å². The van der Waals surface area contributed by atoms with Gasteiger partial charge in [0.05, 0.1) is 23.6 Å². The minimum absolute atomic E-state index is 0.0255. The second-order valence-corrected chi connectivity index (χ2v) is 8.47. The summed E-state index contributed by atoms with van der Waals surface area (Å²) in [5, 5.41) is 7.98. The standard InChI is InChI=1S/C27H28N4O2/c1-20-10-5-6-13-22(20)26-23(19-31(29-26)21-11-3-2-4-12-21)27(32)28-18-24(25-14-9-17-33-25)30-15-7-8-16-30/h2-6,9-14,17,19,24H,7-8,15-16,18H2,1H3,(H,28,32)/t24-/m1/s1. The lowest BCUT2D eigenvalue weighted by Gasteiger charge is -2.26. The highest BCUT2D eigenvalue weighted by molar-refractivity contribution is 6.00. The third-order valence-electron chi connectivity index (χ3n) is 6.29. The number of likely N-dealkylation sites (tertiary alicyclic amines) is 1. The lowest BCUT2D eigenvalue weighted by molar-refractivity contribution is 0.0934. The predicted molar refractivity (Wildman–Crippen MR) is 128 cm³/mol. The monoisotopic (exact) mass is 440 g/mol. The van der Waals surface area contributed by atoms with Gasteiger partial charge in [0.1, 0.15) is 11.5 Å². The molecule has 1 aliphatic heterocycles. The van der Waals surface area contributed by atoms with Crippen LogP contribution >= 0.6 is 0 Å². The van der Waals surface area contributed by atoms with E-state index in [1.807, 2.05) is 79.9 Å². The van der Waals surface area contributed by atoms with Gasteiger partial charge in [-0.15, -0.1) is 0 Å². The van der Waals surface area contributed by atoms with Gasteiger partial charge < -0.3 is 9.73 Å². The first-order valence-corrected chi connectivity index (χ1v) is 11.5. The Morgan fingerprint density at radius 3 is 2.52 bits per heavy atom. The quantitative estimate of drug-likeness (QED) is 0.439. The molecule has 1 aliphatic rings. The molecule has 0 radical (unpaired) electrons. The highest BCUT2D eigenvalue weighted by atomic mass is 16.3. The van der Waals surface area contributed by atoms with E-state index in [1.54, 1.807) is 10.9 Å². The Kier molecular flexibility index (Phi) is 6.09. The van der Waals surface area contributed by atoms with Gasteiger partial charge in [0.15, 0.2) is 0 Å². The lowest BCUT2D eigenvalue weighted by Crippen LogP contribution is -2.36. The van der Waals surface area contributed by atoms with Gasteiger partial charge in [-0.3, -0.25) is 9.69 Å². The van der Waals surface area contributed by atoms with E-state index in [4.69, 9.17) is 9.52 Å². The number of hydrogen-bond acceptors (Lipinski definition) is 4. The normalized spacial score (nSPS) is 14.9. The number of nitrogens with one attached hydrogen (secondary N) is 1. The Hall–Kier alpha value is -3.64. The second kappa shape index (κ2) is 9.46. The van der Waals surface area contributed by atoms with Crippen LogP contribution in [-0.2, 0) is 0 Å². The SMILES string of the molecule is Cc1ccccc1-c1nn(-c2ccccc2)cc1C(=O)NC[C@H](c1ccco1)N1CCCC1. The van der Waals surface area contributed by atoms with Crippen molar-refractivity contribution in [2.45, 2.75) is 25.8 Å². The Balaban J connectivity index is 1.45. The van der Waals surface area contributed by atoms with E-state index in [0.717, 1.165) is 35.7 Å². The summed E-state index contributed by atoms with van der Waals surface area (Å²) in [7, 11) is 0. The van der Waals surface area contributed by atoms with Crippen LogP contribution in [0, 0.1) is 6.92 Å². The summed E-state index contributed by atoms with van der Waals surface area (Å²) in [5.74, 6) is 0.752. The molecule has 1 amide bonds. The van der Waals surface area contributed by atoms with Gasteiger partial charge in [0, 0.05) is 18.3 Å². The predicted octanol–water partition coefficient (Wildman–Crippen LogP) is 5.01. The zero-order chi connectivity index (χ0) is 22.6. The van der Waals surface area contributed by atoms with Gasteiger partial charge in [-0.25, -0.2) is 4.68 Å². The minimum Gasteiger partial charge on any atom is -0.468 e. The molecule has 1 N–H and O–H groups in total. The van der Waals surface area contributed by atoms with Gasteiger partial charge in [-0.05, 0) is 62.7 Å². The summed E-state index contributed by atoms with van der Waals surface area (Å²) in [4.78, 5) is 15.9. The number of carbonyl (C=O) groups excluding carboxylic acids is 1. The van der Waals surface area contributed by atoms with Gasteiger partial charge in [-0.1, -0.05) is 42.5 Å². The highest BCUT2D eigenvalue weighted by Crippen LogP contribution is 2.28. The van der Waals surface area contributed by atoms with Crippen LogP contribution in [0.2, 0.25) is 0 Å². The zero-order valence-corrected chi connectivity index (χ0v) is 18.8. The smallest absolute Gasteiger partial charge is 0.255 e. The van der Waals surface area contributed by atoms with E-state index in [-0.39, 0.29) is 11.9 Å². The van der Waals surface area contributed by atoms with Crippen molar-refractivity contribution in [3.05, 3.63) is 96.1 Å². The van der Waals surface area contributed by atoms with Crippen LogP contribution in [0.5, 0.6) is 0 Å². The molecule has 0 spiro atoms. The van der Waals surface area contributed by atoms with Crippen LogP contribution in [0.15, 0.2) is 83.6 Å². The first kappa shape index (κ1) is 21.2. The molecule has 0 unspecified atom stereocenters. The van der Waals surface area contributed by atoms with E-state index < -0.39 is 0 Å². The number of amides is 1. The molecular weight excluding hydrogens is 412 g/mol. The van der Waals surface area contributed by atoms with E-state index >= 15 is 0 Å². The molecule has 1 saturated heterocycles. The summed E-state index contributed by atoms with van der Waals surface area (Å²) >= 11 is 0. The average Bonchev–Trinajstić information content (AvgIpc) is 3.62. The zero-order valence-electron chi connectivity index (χ0n) is 18.8. The van der Waals surface area contributed by atoms with Crippen molar-refractivity contribution in [1.29, 1.82) is 0 Å². The summed E-state index contributed by atoms with van der Waals surface area (Å²) in [6.07, 6.45) is 5.86. The number of rotatable bonds is 7. The van der Waals surface area contributed by atoms with Gasteiger partial charge in [0.2, 0.25) is 0 Å². The fourth-order valence-corrected chi connectivity index (χ4v) is 4.52. The van der Waals surface area contributed by atoms with Crippen molar-refractivity contribution in [3.8, 4) is 16.9 Å². The van der Waals surface area contributed by atoms with Crippen LogP contribution in [-0.4, -0.2) is 40.2 Å². The molecule has 2 aromatic carbocycles. The summed E-state index contributed by atoms with van der Waals surface area (Å²) in [5.41, 5.74) is 4.20. The van der Waals surface area contributed by atoms with E-state index in [2.05, 4.69) is 10.2 Å². The third kappa shape index (κ3) is 4.47. The number of aromatic nitrogens is 2. The minimum atomic E-state index is -0.133. The molecule has 2 aromatic heterocycles. The van der Waals surface area contributed by atoms with Crippen LogP contribution in [0.4, 0.5) is 0 Å². The molecule has 0 bridgehead atoms. The molecule has 6 heteroatoms. The molecule has 168 valence electrons. The molecule has 5 rings (SSSR count). The van der Waals surface area contributed by atoms with Crippen molar-refractivity contribution < 1.29 is 9.21 Å². The van der Waals surface area contributed by atoms with E-state index in [0.29, 0.717) is 17.8 Å². The number of furan rings is 1. The maximum atomic E-state index is 13.5. The Bertz CT molecular complexity index is 1210. The molecule has 3 heterocycles. The molecule has 1 fully saturated rings. The van der Waals surface area contributed by atoms with E-state index in [9.17, 15) is 4.79 Å². The maximum absolute atomic E-state index is 13.5. The van der Waals surface area contributed by atoms with Crippen LogP contribution < -0.4 is 5.32 Å². The fourth-order valence-electron chi connectivity index (χ4n) is 4.52. The first-order valence-electron chi connectivity index (χ1n) is 11.5. The number of carbonyl (C=O) groups is 1. The molecule has 33 heavy (non-hydrogen) atoms. The van der Waals surface area contributed by atoms with Crippen molar-refractivity contribution >= 4 is 5.91 Å². The second-order valence-electron chi connectivity index (χ2n) is 8.47. The number of benzene rings is 2. The molecule has 0 aliphatic carbocycles. The molecule has 4 aromatic rings. The van der Waals surface area contributed by atoms with Crippen molar-refractivity contribution in [2.75, 3.05) is 19.6 Å². The van der Waals surface area contributed by atoms with E-state index in [1.165, 1.54) is 12.8 Å². The highest BCUT2D eigenvalue weighted by Gasteiger charge is 2.27. The van der Waals surface area contributed by atoms with Crippen molar-refractivity contribution in [3.63, 3.8) is 0 Å². The molecular formula is C27H28N4O2. The Morgan fingerprint density at radius 1 is 1.03 bits per heavy atom. The topological polar surface area (TPSA) is 63.3 Å². The number of nitrogens with zero attached hydrogens (tertiary/aromatic N) is 3. The largest absolute Gasteiger partial charge is 0.468 e. The number of para-hydroxylation sites is 1. The number of hydrogen-bond donors (Lipinski definition) is 1. The summed E-state index contributed by atoms with van der Waals surface area (Å²) in [6, 6.07) is 21.8. The van der Waals surface area contributed by atoms with Crippen LogP contribution in [0.3, 0.4) is 0 Å². The average molecular weight is 441 g/mol. The third-order valence-corrected chi connectivity index (χ3v) is 6.29. The molecule has 0 saturated carbocycles. The maximum Gasteiger partial charge on any atom is 0.255 e. The summed E-state index contributed by atoms with van der Waals surface area (Å²) < 4.78 is 7.49. The fraction of sp³-hybridized carbons (Fsp3) is 0.259. The van der Waals surface area contributed by atoms with Crippen molar-refractivity contribution in [1.82, 2.24) is 20.0 Å². The van der Waals surface area contributed by atoms with Crippen LogP contribution in [0.25, 0.3) is 16.9 Å². The number of aryl methyl sites for hydroxylation is 1. The lowest BCUT2D eigenvalue weighted by atomic mass is 10.0. The van der Waals surface area contributed by atoms with Gasteiger partial charge in [0.25, 0.3) is 5.91 Å². The van der Waals surface area contributed by atoms with Gasteiger partial charge in [-0.2, -0.15) is 5.10 Å². The Labute approximate surface area is 193 Å². The molecule has 6 nitrogen and oxygen atoms in total.